The van der Waals surface area contributed by atoms with Crippen LogP contribution in [0.15, 0.2) is 24.3 Å². The first-order valence-corrected chi connectivity index (χ1v) is 10.4. The number of amides is 2. The van der Waals surface area contributed by atoms with Gasteiger partial charge in [0.1, 0.15) is 11.9 Å². The Hall–Kier alpha value is -2.04. The lowest BCUT2D eigenvalue weighted by Gasteiger charge is -2.40. The van der Waals surface area contributed by atoms with E-state index in [2.05, 4.69) is 0 Å². The fourth-order valence-corrected chi connectivity index (χ4v) is 4.33. The number of carbonyl (C=O) groups is 2. The molecule has 1 aliphatic carbocycles. The number of fused-ring (bicyclic) bond motifs is 2. The molecule has 2 atom stereocenters. The molecule has 1 aromatic carbocycles. The lowest BCUT2D eigenvalue weighted by molar-refractivity contribution is -0.134. The van der Waals surface area contributed by atoms with E-state index in [1.165, 1.54) is 0 Å². The second kappa shape index (κ2) is 9.25. The molecule has 1 fully saturated rings. The summed E-state index contributed by atoms with van der Waals surface area (Å²) in [5, 5.41) is 0. The zero-order valence-electron chi connectivity index (χ0n) is 16.7. The van der Waals surface area contributed by atoms with Crippen molar-refractivity contribution in [1.29, 1.82) is 0 Å². The summed E-state index contributed by atoms with van der Waals surface area (Å²) in [5.41, 5.74) is 0.621. The van der Waals surface area contributed by atoms with Crippen LogP contribution >= 0.6 is 0 Å². The molecule has 0 saturated heterocycles. The molecule has 0 unspecified atom stereocenters. The number of nitrogens with zero attached hydrogens (tertiary/aromatic N) is 2. The van der Waals surface area contributed by atoms with Crippen LogP contribution in [0.3, 0.4) is 0 Å². The average molecular weight is 373 g/mol. The molecule has 0 aromatic heterocycles. The van der Waals surface area contributed by atoms with Gasteiger partial charge in [0.25, 0.3) is 5.91 Å². The Balaban J connectivity index is 1.92. The molecule has 2 aliphatic rings. The maximum atomic E-state index is 12.9. The number of rotatable bonds is 0. The van der Waals surface area contributed by atoms with Gasteiger partial charge in [0, 0.05) is 27.1 Å². The van der Waals surface area contributed by atoms with Gasteiger partial charge in [-0.3, -0.25) is 9.59 Å². The van der Waals surface area contributed by atoms with Gasteiger partial charge in [-0.15, -0.1) is 0 Å². The van der Waals surface area contributed by atoms with Crippen molar-refractivity contribution < 1.29 is 14.3 Å². The van der Waals surface area contributed by atoms with Crippen LogP contribution in [0.4, 0.5) is 0 Å². The number of ether oxygens (including phenoxy) is 1. The molecule has 2 amide bonds. The summed E-state index contributed by atoms with van der Waals surface area (Å²) in [5.74, 6) is 0.789. The maximum Gasteiger partial charge on any atom is 0.257 e. The Bertz CT molecular complexity index is 661. The Morgan fingerprint density at radius 2 is 1.70 bits per heavy atom. The summed E-state index contributed by atoms with van der Waals surface area (Å²) < 4.78 is 6.40. The van der Waals surface area contributed by atoms with Crippen LogP contribution in [0, 0.1) is 0 Å². The minimum atomic E-state index is -0.0511. The number of hydrogen-bond acceptors (Lipinski definition) is 3. The molecule has 0 N–H and O–H groups in total. The van der Waals surface area contributed by atoms with Crippen LogP contribution in [0.5, 0.6) is 5.75 Å². The topological polar surface area (TPSA) is 49.9 Å². The van der Waals surface area contributed by atoms with Crippen molar-refractivity contribution in [2.45, 2.75) is 70.4 Å². The molecular formula is C22H32N2O3. The SMILES string of the molecule is CC(=O)N1CCCCCCN(C)C(=O)c2ccccc2O[C@H]2CCCC[C@H]21. The molecule has 0 bridgehead atoms. The van der Waals surface area contributed by atoms with Crippen molar-refractivity contribution in [3.05, 3.63) is 29.8 Å². The Labute approximate surface area is 162 Å². The molecule has 1 saturated carbocycles. The summed E-state index contributed by atoms with van der Waals surface area (Å²) in [6.45, 7) is 3.22. The average Bonchev–Trinajstić information content (AvgIpc) is 2.67. The molecule has 148 valence electrons. The molecule has 1 aliphatic heterocycles. The van der Waals surface area contributed by atoms with E-state index in [-0.39, 0.29) is 24.0 Å². The van der Waals surface area contributed by atoms with Crippen LogP contribution in [0.1, 0.15) is 68.6 Å². The summed E-state index contributed by atoms with van der Waals surface area (Å²) in [4.78, 5) is 29.1. The molecule has 27 heavy (non-hydrogen) atoms. The van der Waals surface area contributed by atoms with Gasteiger partial charge in [0.05, 0.1) is 11.6 Å². The van der Waals surface area contributed by atoms with Crippen LogP contribution in [0.25, 0.3) is 0 Å². The van der Waals surface area contributed by atoms with E-state index in [1.807, 2.05) is 36.2 Å². The second-order valence-electron chi connectivity index (χ2n) is 7.86. The first kappa shape index (κ1) is 19.7. The molecule has 1 aromatic rings. The van der Waals surface area contributed by atoms with Gasteiger partial charge in [-0.1, -0.05) is 31.4 Å². The zero-order valence-corrected chi connectivity index (χ0v) is 16.7. The number of hydrogen-bond donors (Lipinski definition) is 0. The van der Waals surface area contributed by atoms with Crippen LogP contribution in [-0.2, 0) is 4.79 Å². The van der Waals surface area contributed by atoms with Gasteiger partial charge in [-0.25, -0.2) is 0 Å². The summed E-state index contributed by atoms with van der Waals surface area (Å²) in [6.07, 6.45) is 8.23. The normalized spacial score (nSPS) is 25.0. The first-order valence-electron chi connectivity index (χ1n) is 10.4. The molecule has 5 nitrogen and oxygen atoms in total. The molecule has 3 rings (SSSR count). The second-order valence-corrected chi connectivity index (χ2v) is 7.86. The molecule has 5 heteroatoms. The molecule has 1 heterocycles. The highest BCUT2D eigenvalue weighted by atomic mass is 16.5. The summed E-state index contributed by atoms with van der Waals surface area (Å²) in [6, 6.07) is 7.63. The third kappa shape index (κ3) is 4.82. The van der Waals surface area contributed by atoms with Gasteiger partial charge < -0.3 is 14.5 Å². The highest BCUT2D eigenvalue weighted by molar-refractivity contribution is 5.96. The van der Waals surface area contributed by atoms with E-state index >= 15 is 0 Å². The Morgan fingerprint density at radius 1 is 1.00 bits per heavy atom. The predicted molar refractivity (Wildman–Crippen MR) is 106 cm³/mol. The molecular weight excluding hydrogens is 340 g/mol. The lowest BCUT2D eigenvalue weighted by atomic mass is 9.90. The summed E-state index contributed by atoms with van der Waals surface area (Å²) in [7, 11) is 1.87. The monoisotopic (exact) mass is 372 g/mol. The van der Waals surface area contributed by atoms with Crippen molar-refractivity contribution in [1.82, 2.24) is 9.80 Å². The third-order valence-electron chi connectivity index (χ3n) is 5.86. The molecule has 0 radical (unpaired) electrons. The van der Waals surface area contributed by atoms with E-state index in [4.69, 9.17) is 4.74 Å². The maximum absolute atomic E-state index is 12.9. The number of para-hydroxylation sites is 1. The van der Waals surface area contributed by atoms with Gasteiger partial charge in [-0.2, -0.15) is 0 Å². The zero-order chi connectivity index (χ0) is 19.2. The Kier molecular flexibility index (Phi) is 6.75. The van der Waals surface area contributed by atoms with E-state index in [9.17, 15) is 9.59 Å². The number of benzene rings is 1. The van der Waals surface area contributed by atoms with E-state index in [0.29, 0.717) is 11.3 Å². The Morgan fingerprint density at radius 3 is 2.48 bits per heavy atom. The van der Waals surface area contributed by atoms with Crippen molar-refractivity contribution >= 4 is 11.8 Å². The summed E-state index contributed by atoms with van der Waals surface area (Å²) >= 11 is 0. The minimum Gasteiger partial charge on any atom is -0.487 e. The highest BCUT2D eigenvalue weighted by Crippen LogP contribution is 2.30. The van der Waals surface area contributed by atoms with Crippen molar-refractivity contribution in [3.63, 3.8) is 0 Å². The van der Waals surface area contributed by atoms with Gasteiger partial charge in [0.15, 0.2) is 0 Å². The van der Waals surface area contributed by atoms with Crippen LogP contribution < -0.4 is 4.74 Å². The van der Waals surface area contributed by atoms with E-state index in [0.717, 1.165) is 64.5 Å². The smallest absolute Gasteiger partial charge is 0.257 e. The van der Waals surface area contributed by atoms with Crippen LogP contribution in [-0.4, -0.2) is 53.9 Å². The highest BCUT2D eigenvalue weighted by Gasteiger charge is 2.34. The van der Waals surface area contributed by atoms with Gasteiger partial charge in [-0.05, 0) is 44.2 Å². The minimum absolute atomic E-state index is 0.0124. The van der Waals surface area contributed by atoms with E-state index < -0.39 is 0 Å². The fraction of sp³-hybridized carbons (Fsp3) is 0.636. The third-order valence-corrected chi connectivity index (χ3v) is 5.86. The lowest BCUT2D eigenvalue weighted by Crippen LogP contribution is -2.50. The fourth-order valence-electron chi connectivity index (χ4n) is 4.33. The van der Waals surface area contributed by atoms with Crippen molar-refractivity contribution in [3.8, 4) is 5.75 Å². The van der Waals surface area contributed by atoms with Crippen LogP contribution in [0.2, 0.25) is 0 Å². The van der Waals surface area contributed by atoms with Crippen molar-refractivity contribution in [2.24, 2.45) is 0 Å². The quantitative estimate of drug-likeness (QED) is 0.695. The van der Waals surface area contributed by atoms with Crippen molar-refractivity contribution in [2.75, 3.05) is 20.1 Å². The van der Waals surface area contributed by atoms with E-state index in [1.54, 1.807) is 11.8 Å². The number of carbonyl (C=O) groups excluding carboxylic acids is 2. The standard InChI is InChI=1S/C22H32N2O3/c1-17(25)24-16-10-4-3-9-15-23(2)22(26)18-11-5-7-13-20(18)27-21-14-8-6-12-19(21)24/h5,7,11,13,19,21H,3-4,6,8-10,12,14-16H2,1-2H3/t19-,21+/m1/s1. The van der Waals surface area contributed by atoms with Gasteiger partial charge in [0.2, 0.25) is 5.91 Å². The largest absolute Gasteiger partial charge is 0.487 e. The molecule has 0 spiro atoms. The predicted octanol–water partition coefficient (Wildman–Crippen LogP) is 3.87. The first-order chi connectivity index (χ1) is 13.1. The van der Waals surface area contributed by atoms with Gasteiger partial charge >= 0.3 is 0 Å².